The van der Waals surface area contributed by atoms with Gasteiger partial charge in [-0.3, -0.25) is 4.79 Å². The summed E-state index contributed by atoms with van der Waals surface area (Å²) in [4.78, 5) is 12.8. The SMILES string of the molecule is CC(C)(C)Oc1ccc(PC(=O)c2c(Cl)cccc2Cl)c(OC(C)(C)C)c1.[Li+]. The molecule has 1 unspecified atom stereocenters. The fourth-order valence-electron chi connectivity index (χ4n) is 2.34. The third-order valence-corrected chi connectivity index (χ3v) is 5.02. The van der Waals surface area contributed by atoms with Crippen LogP contribution in [0.15, 0.2) is 36.4 Å². The number of carbonyl (C=O) groups is 1. The zero-order chi connectivity index (χ0) is 20.4. The van der Waals surface area contributed by atoms with E-state index in [0.717, 1.165) is 5.30 Å². The van der Waals surface area contributed by atoms with E-state index in [1.54, 1.807) is 18.2 Å². The Morgan fingerprint density at radius 1 is 0.893 bits per heavy atom. The molecule has 0 amide bonds. The summed E-state index contributed by atoms with van der Waals surface area (Å²) in [7, 11) is -0.171. The second-order valence-corrected chi connectivity index (χ2v) is 10.2. The van der Waals surface area contributed by atoms with Crippen LogP contribution in [0.1, 0.15) is 51.9 Å². The molecule has 2 aromatic carbocycles. The van der Waals surface area contributed by atoms with Crippen molar-refractivity contribution in [2.24, 2.45) is 0 Å². The van der Waals surface area contributed by atoms with E-state index in [1.165, 1.54) is 0 Å². The summed E-state index contributed by atoms with van der Waals surface area (Å²) < 4.78 is 12.0. The van der Waals surface area contributed by atoms with Crippen molar-refractivity contribution in [3.63, 3.8) is 0 Å². The first-order chi connectivity index (χ1) is 12.4. The predicted molar refractivity (Wildman–Crippen MR) is 116 cm³/mol. The second kappa shape index (κ2) is 9.88. The van der Waals surface area contributed by atoms with Crippen molar-refractivity contribution in [2.45, 2.75) is 52.7 Å². The molecule has 0 spiro atoms. The average Bonchev–Trinajstić information content (AvgIpc) is 2.46. The molecule has 0 fully saturated rings. The smallest absolute Gasteiger partial charge is 0.488 e. The molecule has 3 nitrogen and oxygen atoms in total. The third-order valence-electron chi connectivity index (χ3n) is 3.23. The first-order valence-electron chi connectivity index (χ1n) is 8.63. The zero-order valence-electron chi connectivity index (χ0n) is 17.4. The molecule has 0 aliphatic rings. The summed E-state index contributed by atoms with van der Waals surface area (Å²) in [5.41, 5.74) is -0.529. The Morgan fingerprint density at radius 2 is 1.43 bits per heavy atom. The van der Waals surface area contributed by atoms with Crippen LogP contribution in [-0.4, -0.2) is 16.7 Å². The van der Waals surface area contributed by atoms with E-state index in [9.17, 15) is 4.79 Å². The largest absolute Gasteiger partial charge is 1.00 e. The minimum atomic E-state index is -0.412. The fraction of sp³-hybridized carbons (Fsp3) is 0.381. The maximum atomic E-state index is 12.8. The number of halogens is 2. The molecule has 0 saturated heterocycles. The van der Waals surface area contributed by atoms with Gasteiger partial charge in [0.15, 0.2) is 5.52 Å². The van der Waals surface area contributed by atoms with Crippen molar-refractivity contribution in [3.8, 4) is 11.5 Å². The Balaban J connectivity index is 0.00000392. The van der Waals surface area contributed by atoms with Gasteiger partial charge in [-0.1, -0.05) is 29.3 Å². The maximum absolute atomic E-state index is 12.8. The minimum Gasteiger partial charge on any atom is -0.488 e. The van der Waals surface area contributed by atoms with Gasteiger partial charge in [-0.15, -0.1) is 0 Å². The first kappa shape index (κ1) is 25.4. The molecule has 1 atom stereocenters. The summed E-state index contributed by atoms with van der Waals surface area (Å²) in [6, 6.07) is 10.6. The van der Waals surface area contributed by atoms with Gasteiger partial charge >= 0.3 is 18.9 Å². The molecule has 0 heterocycles. The van der Waals surface area contributed by atoms with Crippen molar-refractivity contribution in [1.82, 2.24) is 0 Å². The van der Waals surface area contributed by atoms with E-state index < -0.39 is 5.60 Å². The van der Waals surface area contributed by atoms with Gasteiger partial charge in [-0.05, 0) is 74.4 Å². The molecule has 0 radical (unpaired) electrons. The normalized spacial score (nSPS) is 12.0. The molecule has 2 aromatic rings. The summed E-state index contributed by atoms with van der Waals surface area (Å²) in [6.07, 6.45) is 0. The molecule has 28 heavy (non-hydrogen) atoms. The zero-order valence-corrected chi connectivity index (χ0v) is 20.0. The number of rotatable bonds is 5. The Bertz CT molecular complexity index is 822. The third kappa shape index (κ3) is 7.62. The van der Waals surface area contributed by atoms with Crippen molar-refractivity contribution >= 4 is 42.6 Å². The fourth-order valence-corrected chi connectivity index (χ4v) is 4.12. The maximum Gasteiger partial charge on any atom is 1.00 e. The van der Waals surface area contributed by atoms with Crippen LogP contribution in [0.25, 0.3) is 0 Å². The molecular weight excluding hydrogens is 409 g/mol. The molecule has 0 aromatic heterocycles. The van der Waals surface area contributed by atoms with Crippen molar-refractivity contribution in [2.75, 3.05) is 0 Å². The van der Waals surface area contributed by atoms with Gasteiger partial charge in [0.2, 0.25) is 0 Å². The molecule has 146 valence electrons. The molecule has 0 bridgehead atoms. The van der Waals surface area contributed by atoms with Crippen LogP contribution < -0.4 is 33.6 Å². The Kier molecular flexibility index (Phi) is 8.95. The molecule has 0 N–H and O–H groups in total. The molecule has 2 rings (SSSR count). The van der Waals surface area contributed by atoms with Gasteiger partial charge < -0.3 is 9.47 Å². The number of hydrogen-bond donors (Lipinski definition) is 0. The number of hydrogen-bond acceptors (Lipinski definition) is 3. The van der Waals surface area contributed by atoms with E-state index in [4.69, 9.17) is 32.7 Å². The average molecular weight is 434 g/mol. The molecule has 0 aliphatic heterocycles. The number of ether oxygens (including phenoxy) is 2. The van der Waals surface area contributed by atoms with Gasteiger partial charge in [-0.2, -0.15) is 0 Å². The van der Waals surface area contributed by atoms with Crippen molar-refractivity contribution in [1.29, 1.82) is 0 Å². The molecule has 0 saturated carbocycles. The summed E-state index contributed by atoms with van der Waals surface area (Å²) in [5.74, 6) is 1.32. The van der Waals surface area contributed by atoms with E-state index in [2.05, 4.69) is 0 Å². The quantitative estimate of drug-likeness (QED) is 0.534. The van der Waals surface area contributed by atoms with Gasteiger partial charge in [-0.25, -0.2) is 0 Å². The number of benzene rings is 2. The molecular formula is C21H25Cl2LiO3P+. The number of carbonyl (C=O) groups excluding carboxylic acids is 1. The van der Waals surface area contributed by atoms with E-state index in [0.29, 0.717) is 27.1 Å². The Labute approximate surface area is 191 Å². The topological polar surface area (TPSA) is 35.5 Å². The van der Waals surface area contributed by atoms with Crippen molar-refractivity contribution in [3.05, 3.63) is 52.0 Å². The van der Waals surface area contributed by atoms with E-state index in [-0.39, 0.29) is 38.6 Å². The van der Waals surface area contributed by atoms with Crippen LogP contribution in [0.5, 0.6) is 11.5 Å². The van der Waals surface area contributed by atoms with Gasteiger partial charge in [0.05, 0.1) is 15.6 Å². The molecule has 7 heteroatoms. The van der Waals surface area contributed by atoms with Crippen LogP contribution in [0, 0.1) is 0 Å². The second-order valence-electron chi connectivity index (χ2n) is 8.14. The first-order valence-corrected chi connectivity index (χ1v) is 10.4. The van der Waals surface area contributed by atoms with E-state index >= 15 is 0 Å². The van der Waals surface area contributed by atoms with Crippen LogP contribution in [0.2, 0.25) is 10.0 Å². The summed E-state index contributed by atoms with van der Waals surface area (Å²) >= 11 is 12.4. The minimum absolute atomic E-state index is 0. The van der Waals surface area contributed by atoms with E-state index in [1.807, 2.05) is 59.7 Å². The summed E-state index contributed by atoms with van der Waals surface area (Å²) in [6.45, 7) is 11.8. The van der Waals surface area contributed by atoms with Crippen LogP contribution in [0.3, 0.4) is 0 Å². The van der Waals surface area contributed by atoms with Crippen LogP contribution in [-0.2, 0) is 0 Å². The summed E-state index contributed by atoms with van der Waals surface area (Å²) in [5, 5.41) is 1.49. The van der Waals surface area contributed by atoms with Crippen molar-refractivity contribution < 1.29 is 33.1 Å². The monoisotopic (exact) mass is 433 g/mol. The van der Waals surface area contributed by atoms with Gasteiger partial charge in [0.1, 0.15) is 22.7 Å². The Morgan fingerprint density at radius 3 is 1.93 bits per heavy atom. The van der Waals surface area contributed by atoms with Crippen LogP contribution >= 0.6 is 31.8 Å². The molecule has 0 aliphatic carbocycles. The predicted octanol–water partition coefficient (Wildman–Crippen LogP) is 3.50. The van der Waals surface area contributed by atoms with Gasteiger partial charge in [0.25, 0.3) is 0 Å². The van der Waals surface area contributed by atoms with Crippen LogP contribution in [0.4, 0.5) is 0 Å². The Hall–Kier alpha value is -0.683. The van der Waals surface area contributed by atoms with Gasteiger partial charge in [0, 0.05) is 11.4 Å². The standard InChI is InChI=1S/C21H25Cl2O3P.Li/c1-20(2,3)25-13-10-11-17(16(12-13)26-21(4,5)6)27-19(24)18-14(22)8-7-9-15(18)23;/h7-12,27H,1-6H3;/q;+1.